The summed E-state index contributed by atoms with van der Waals surface area (Å²) in [4.78, 5) is 4.05. The zero-order valence-electron chi connectivity index (χ0n) is 5.60. The standard InChI is InChI=1S/C6H10ClNS/c1-3-6(9-2)8-5-4-7/h4-5H,3H2,1-2H3/b5-4+,8-6-. The smallest absolute Gasteiger partial charge is 0.0726 e. The van der Waals surface area contributed by atoms with Crippen molar-refractivity contribution in [1.29, 1.82) is 0 Å². The molecule has 0 fully saturated rings. The Kier molecular flexibility index (Phi) is 6.21. The third-order valence-corrected chi connectivity index (χ3v) is 1.79. The largest absolute Gasteiger partial charge is 0.254 e. The fourth-order valence-electron chi connectivity index (χ4n) is 0.400. The van der Waals surface area contributed by atoms with Crippen molar-refractivity contribution in [2.24, 2.45) is 4.99 Å². The highest BCUT2D eigenvalue weighted by molar-refractivity contribution is 8.13. The second-order valence-electron chi connectivity index (χ2n) is 1.36. The lowest BCUT2D eigenvalue weighted by Gasteiger charge is -1.92. The van der Waals surface area contributed by atoms with Gasteiger partial charge in [-0.1, -0.05) is 18.5 Å². The molecular weight excluding hydrogens is 154 g/mol. The highest BCUT2D eigenvalue weighted by Gasteiger charge is 1.86. The lowest BCUT2D eigenvalue weighted by molar-refractivity contribution is 1.30. The first-order chi connectivity index (χ1) is 4.35. The van der Waals surface area contributed by atoms with Crippen molar-refractivity contribution in [3.8, 4) is 0 Å². The molecule has 0 atom stereocenters. The Labute approximate surface area is 65.2 Å². The van der Waals surface area contributed by atoms with E-state index in [-0.39, 0.29) is 0 Å². The summed E-state index contributed by atoms with van der Waals surface area (Å²) in [6.07, 6.45) is 4.57. The molecule has 0 unspecified atom stereocenters. The Morgan fingerprint density at radius 3 is 2.78 bits per heavy atom. The van der Waals surface area contributed by atoms with Gasteiger partial charge in [-0.05, 0) is 12.7 Å². The predicted molar refractivity (Wildman–Crippen MR) is 46.2 cm³/mol. The first kappa shape index (κ1) is 9.05. The molecule has 1 nitrogen and oxygen atoms in total. The van der Waals surface area contributed by atoms with Crippen molar-refractivity contribution in [3.05, 3.63) is 11.7 Å². The summed E-state index contributed by atoms with van der Waals surface area (Å²) < 4.78 is 0. The van der Waals surface area contributed by atoms with Crippen LogP contribution in [0.5, 0.6) is 0 Å². The predicted octanol–water partition coefficient (Wildman–Crippen LogP) is 2.87. The summed E-state index contributed by atoms with van der Waals surface area (Å²) in [6, 6.07) is 0. The lowest BCUT2D eigenvalue weighted by Crippen LogP contribution is -1.84. The summed E-state index contributed by atoms with van der Waals surface area (Å²) >= 11 is 6.91. The van der Waals surface area contributed by atoms with Gasteiger partial charge in [-0.15, -0.1) is 11.8 Å². The summed E-state index contributed by atoms with van der Waals surface area (Å²) in [5.41, 5.74) is 1.41. The molecule has 3 heteroatoms. The molecular formula is C6H10ClNS. The van der Waals surface area contributed by atoms with Crippen molar-refractivity contribution in [2.45, 2.75) is 13.3 Å². The van der Waals surface area contributed by atoms with E-state index in [0.717, 1.165) is 11.5 Å². The van der Waals surface area contributed by atoms with E-state index in [0.29, 0.717) is 0 Å². The quantitative estimate of drug-likeness (QED) is 0.451. The number of rotatable bonds is 2. The number of nitrogens with zero attached hydrogens (tertiary/aromatic N) is 1. The third-order valence-electron chi connectivity index (χ3n) is 0.813. The fraction of sp³-hybridized carbons (Fsp3) is 0.500. The number of halogens is 1. The van der Waals surface area contributed by atoms with Gasteiger partial charge in [0.15, 0.2) is 0 Å². The zero-order valence-corrected chi connectivity index (χ0v) is 7.17. The van der Waals surface area contributed by atoms with E-state index in [1.54, 1.807) is 18.0 Å². The average molecular weight is 164 g/mol. The van der Waals surface area contributed by atoms with Crippen LogP contribution in [0, 0.1) is 0 Å². The van der Waals surface area contributed by atoms with Gasteiger partial charge in [0.2, 0.25) is 0 Å². The molecule has 0 N–H and O–H groups in total. The summed E-state index contributed by atoms with van der Waals surface area (Å²) in [5.74, 6) is 0. The van der Waals surface area contributed by atoms with Crippen LogP contribution in [0.3, 0.4) is 0 Å². The van der Waals surface area contributed by atoms with E-state index in [4.69, 9.17) is 11.6 Å². The molecule has 0 heterocycles. The zero-order chi connectivity index (χ0) is 7.11. The maximum Gasteiger partial charge on any atom is 0.0726 e. The maximum absolute atomic E-state index is 5.26. The van der Waals surface area contributed by atoms with Gasteiger partial charge in [-0.25, -0.2) is 0 Å². The van der Waals surface area contributed by atoms with Crippen LogP contribution in [-0.2, 0) is 0 Å². The third kappa shape index (κ3) is 4.55. The number of thioether (sulfide) groups is 1. The molecule has 0 aliphatic heterocycles. The molecule has 0 radical (unpaired) electrons. The molecule has 0 aliphatic rings. The van der Waals surface area contributed by atoms with E-state index in [1.807, 2.05) is 6.26 Å². The molecule has 9 heavy (non-hydrogen) atoms. The van der Waals surface area contributed by atoms with Crippen molar-refractivity contribution < 1.29 is 0 Å². The van der Waals surface area contributed by atoms with Crippen LogP contribution in [0.2, 0.25) is 0 Å². The van der Waals surface area contributed by atoms with E-state index in [2.05, 4.69) is 11.9 Å². The molecule has 0 saturated heterocycles. The second kappa shape index (κ2) is 6.17. The molecule has 0 bridgehead atoms. The first-order valence-electron chi connectivity index (χ1n) is 2.71. The van der Waals surface area contributed by atoms with Gasteiger partial charge in [0, 0.05) is 11.7 Å². The number of hydrogen-bond donors (Lipinski definition) is 0. The van der Waals surface area contributed by atoms with Crippen molar-refractivity contribution >= 4 is 28.4 Å². The normalized spacial score (nSPS) is 13.0. The topological polar surface area (TPSA) is 12.4 Å². The van der Waals surface area contributed by atoms with E-state index < -0.39 is 0 Å². The molecule has 0 rings (SSSR count). The van der Waals surface area contributed by atoms with Crippen molar-refractivity contribution in [2.75, 3.05) is 6.26 Å². The van der Waals surface area contributed by atoms with Gasteiger partial charge >= 0.3 is 0 Å². The van der Waals surface area contributed by atoms with Gasteiger partial charge < -0.3 is 0 Å². The highest BCUT2D eigenvalue weighted by atomic mass is 35.5. The Balaban J connectivity index is 3.75. The van der Waals surface area contributed by atoms with Gasteiger partial charge in [-0.2, -0.15) is 0 Å². The Bertz CT molecular complexity index is 114. The van der Waals surface area contributed by atoms with Crippen molar-refractivity contribution in [1.82, 2.24) is 0 Å². The van der Waals surface area contributed by atoms with E-state index in [9.17, 15) is 0 Å². The molecule has 0 saturated carbocycles. The SMILES string of the molecule is CC/C(=N/C=C/Cl)SC. The van der Waals surface area contributed by atoms with E-state index >= 15 is 0 Å². The monoisotopic (exact) mass is 163 g/mol. The van der Waals surface area contributed by atoms with Crippen LogP contribution in [0.25, 0.3) is 0 Å². The Hall–Kier alpha value is 0.0500. The maximum atomic E-state index is 5.26. The highest BCUT2D eigenvalue weighted by Crippen LogP contribution is 2.02. The van der Waals surface area contributed by atoms with Crippen LogP contribution in [-0.4, -0.2) is 11.3 Å². The fourth-order valence-corrected chi connectivity index (χ4v) is 0.911. The lowest BCUT2D eigenvalue weighted by atomic mass is 10.5. The molecule has 0 aromatic heterocycles. The molecule has 52 valence electrons. The van der Waals surface area contributed by atoms with Crippen LogP contribution >= 0.6 is 23.4 Å². The molecule has 0 amide bonds. The van der Waals surface area contributed by atoms with Crippen LogP contribution in [0.4, 0.5) is 0 Å². The number of hydrogen-bond acceptors (Lipinski definition) is 2. The van der Waals surface area contributed by atoms with Gasteiger partial charge in [0.1, 0.15) is 0 Å². The minimum Gasteiger partial charge on any atom is -0.254 e. The minimum atomic E-state index is 0.975. The number of aliphatic imine (C=N–C) groups is 1. The van der Waals surface area contributed by atoms with Gasteiger partial charge in [0.05, 0.1) is 5.04 Å². The summed E-state index contributed by atoms with van der Waals surface area (Å²) in [5, 5.41) is 1.10. The van der Waals surface area contributed by atoms with Crippen LogP contribution < -0.4 is 0 Å². The molecule has 0 aliphatic carbocycles. The van der Waals surface area contributed by atoms with Gasteiger partial charge in [0.25, 0.3) is 0 Å². The molecule has 0 aromatic rings. The first-order valence-corrected chi connectivity index (χ1v) is 4.37. The molecule has 0 aromatic carbocycles. The molecule has 0 spiro atoms. The Morgan fingerprint density at radius 2 is 2.44 bits per heavy atom. The van der Waals surface area contributed by atoms with Crippen molar-refractivity contribution in [3.63, 3.8) is 0 Å². The second-order valence-corrected chi connectivity index (χ2v) is 2.49. The summed E-state index contributed by atoms with van der Waals surface area (Å²) in [7, 11) is 0. The van der Waals surface area contributed by atoms with Crippen LogP contribution in [0.1, 0.15) is 13.3 Å². The summed E-state index contributed by atoms with van der Waals surface area (Å²) in [6.45, 7) is 2.07. The van der Waals surface area contributed by atoms with E-state index in [1.165, 1.54) is 5.54 Å². The van der Waals surface area contributed by atoms with Gasteiger partial charge in [-0.3, -0.25) is 4.99 Å². The van der Waals surface area contributed by atoms with Crippen LogP contribution in [0.15, 0.2) is 16.7 Å². The minimum absolute atomic E-state index is 0.975. The average Bonchev–Trinajstić information content (AvgIpc) is 1.91. The Morgan fingerprint density at radius 1 is 1.78 bits per heavy atom.